The summed E-state index contributed by atoms with van der Waals surface area (Å²) in [6, 6.07) is -0.0922. The topological polar surface area (TPSA) is 74.7 Å². The number of carboxylic acid groups (broad SMARTS) is 1. The number of sulfone groups is 1. The lowest BCUT2D eigenvalue weighted by atomic mass is 10.1. The van der Waals surface area contributed by atoms with E-state index in [1.54, 1.807) is 0 Å². The van der Waals surface area contributed by atoms with Crippen LogP contribution in [0.3, 0.4) is 0 Å². The molecule has 1 heterocycles. The Hall–Kier alpha value is -0.620. The average molecular weight is 261 g/mol. The smallest absolute Gasteiger partial charge is 0.317 e. The lowest BCUT2D eigenvalue weighted by Gasteiger charge is -2.32. The van der Waals surface area contributed by atoms with Gasteiger partial charge in [-0.05, 0) is 31.6 Å². The molecular formula is C11H19NO4S. The highest BCUT2D eigenvalue weighted by atomic mass is 32.2. The summed E-state index contributed by atoms with van der Waals surface area (Å²) in [4.78, 5) is 12.7. The molecule has 1 atom stereocenters. The minimum Gasteiger partial charge on any atom is -0.480 e. The Morgan fingerprint density at radius 3 is 2.53 bits per heavy atom. The van der Waals surface area contributed by atoms with E-state index >= 15 is 0 Å². The van der Waals surface area contributed by atoms with E-state index in [9.17, 15) is 13.2 Å². The quantitative estimate of drug-likeness (QED) is 0.773. The van der Waals surface area contributed by atoms with Gasteiger partial charge in [-0.15, -0.1) is 0 Å². The van der Waals surface area contributed by atoms with Gasteiger partial charge in [0.05, 0.1) is 18.1 Å². The van der Waals surface area contributed by atoms with Gasteiger partial charge in [-0.2, -0.15) is 0 Å². The van der Waals surface area contributed by atoms with E-state index in [1.807, 2.05) is 4.90 Å². The first-order chi connectivity index (χ1) is 7.96. The molecule has 1 saturated carbocycles. The molecule has 0 radical (unpaired) electrons. The van der Waals surface area contributed by atoms with Crippen LogP contribution in [0.5, 0.6) is 0 Å². The first kappa shape index (κ1) is 12.8. The van der Waals surface area contributed by atoms with Crippen molar-refractivity contribution in [2.45, 2.75) is 31.7 Å². The summed E-state index contributed by atoms with van der Waals surface area (Å²) in [5, 5.41) is 8.89. The number of nitrogens with zero attached hydrogens (tertiary/aromatic N) is 1. The Balaban J connectivity index is 2.00. The van der Waals surface area contributed by atoms with Crippen LogP contribution in [0.4, 0.5) is 0 Å². The fourth-order valence-corrected chi connectivity index (χ4v) is 4.17. The molecule has 17 heavy (non-hydrogen) atoms. The third-order valence-electron chi connectivity index (χ3n) is 3.48. The first-order valence-electron chi connectivity index (χ1n) is 6.12. The Labute approximate surface area is 102 Å². The van der Waals surface area contributed by atoms with E-state index in [4.69, 9.17) is 5.11 Å². The van der Waals surface area contributed by atoms with Gasteiger partial charge in [0.2, 0.25) is 0 Å². The third-order valence-corrected chi connectivity index (χ3v) is 5.29. The normalized spacial score (nSPS) is 28.2. The van der Waals surface area contributed by atoms with E-state index < -0.39 is 15.8 Å². The van der Waals surface area contributed by atoms with Gasteiger partial charge in [0, 0.05) is 12.6 Å². The van der Waals surface area contributed by atoms with E-state index in [0.29, 0.717) is 12.3 Å². The number of rotatable bonds is 5. The summed E-state index contributed by atoms with van der Waals surface area (Å²) in [7, 11) is -2.96. The standard InChI is InChI=1S/C11H19NO4S/c13-11(14)7-12(6-9-3-4-9)10-2-1-5-17(15,16)8-10/h9-10H,1-8H2,(H,13,14). The Kier molecular flexibility index (Phi) is 3.73. The van der Waals surface area contributed by atoms with Crippen molar-refractivity contribution in [2.24, 2.45) is 5.92 Å². The molecule has 1 aliphatic carbocycles. The highest BCUT2D eigenvalue weighted by molar-refractivity contribution is 7.91. The highest BCUT2D eigenvalue weighted by Crippen LogP contribution is 2.31. The lowest BCUT2D eigenvalue weighted by Crippen LogP contribution is -2.46. The summed E-state index contributed by atoms with van der Waals surface area (Å²) in [6.07, 6.45) is 3.76. The van der Waals surface area contributed by atoms with Crippen LogP contribution in [0.1, 0.15) is 25.7 Å². The van der Waals surface area contributed by atoms with E-state index in [1.165, 1.54) is 0 Å². The minimum atomic E-state index is -2.96. The molecule has 2 aliphatic rings. The second-order valence-corrected chi connectivity index (χ2v) is 7.41. The predicted molar refractivity (Wildman–Crippen MR) is 63.6 cm³/mol. The highest BCUT2D eigenvalue weighted by Gasteiger charge is 2.33. The molecular weight excluding hydrogens is 242 g/mol. The van der Waals surface area contributed by atoms with Crippen molar-refractivity contribution in [2.75, 3.05) is 24.6 Å². The van der Waals surface area contributed by atoms with Crippen LogP contribution in [0.15, 0.2) is 0 Å². The van der Waals surface area contributed by atoms with Crippen LogP contribution in [0.2, 0.25) is 0 Å². The molecule has 1 unspecified atom stereocenters. The predicted octanol–water partition coefficient (Wildman–Crippen LogP) is 0.360. The minimum absolute atomic E-state index is 0.0311. The zero-order valence-corrected chi connectivity index (χ0v) is 10.7. The van der Waals surface area contributed by atoms with Crippen molar-refractivity contribution in [3.8, 4) is 0 Å². The number of hydrogen-bond donors (Lipinski definition) is 1. The largest absolute Gasteiger partial charge is 0.480 e. The van der Waals surface area contributed by atoms with Crippen LogP contribution in [-0.2, 0) is 14.6 Å². The fourth-order valence-electron chi connectivity index (χ4n) is 2.44. The number of aliphatic carboxylic acids is 1. The van der Waals surface area contributed by atoms with Crippen LogP contribution in [0.25, 0.3) is 0 Å². The first-order valence-corrected chi connectivity index (χ1v) is 7.95. The molecule has 1 aliphatic heterocycles. The maximum absolute atomic E-state index is 11.6. The fraction of sp³-hybridized carbons (Fsp3) is 0.909. The third kappa shape index (κ3) is 3.96. The van der Waals surface area contributed by atoms with Gasteiger partial charge in [-0.25, -0.2) is 8.42 Å². The maximum Gasteiger partial charge on any atom is 0.317 e. The summed E-state index contributed by atoms with van der Waals surface area (Å²) >= 11 is 0. The molecule has 1 N–H and O–H groups in total. The molecule has 0 spiro atoms. The molecule has 0 aromatic rings. The van der Waals surface area contributed by atoms with Gasteiger partial charge in [-0.3, -0.25) is 9.69 Å². The number of carboxylic acids is 1. The van der Waals surface area contributed by atoms with Crippen molar-refractivity contribution in [3.05, 3.63) is 0 Å². The second-order valence-electron chi connectivity index (χ2n) is 5.18. The van der Waals surface area contributed by atoms with Crippen molar-refractivity contribution in [1.82, 2.24) is 4.90 Å². The molecule has 5 nitrogen and oxygen atoms in total. The maximum atomic E-state index is 11.6. The molecule has 1 saturated heterocycles. The second kappa shape index (κ2) is 4.94. The van der Waals surface area contributed by atoms with E-state index in [2.05, 4.69) is 0 Å². The van der Waals surface area contributed by atoms with Gasteiger partial charge in [-0.1, -0.05) is 0 Å². The van der Waals surface area contributed by atoms with Crippen molar-refractivity contribution in [1.29, 1.82) is 0 Å². The van der Waals surface area contributed by atoms with Gasteiger partial charge >= 0.3 is 5.97 Å². The molecule has 98 valence electrons. The van der Waals surface area contributed by atoms with Crippen LogP contribution in [0, 0.1) is 5.92 Å². The van der Waals surface area contributed by atoms with Crippen LogP contribution in [-0.4, -0.2) is 55.0 Å². The molecule has 2 rings (SSSR count). The summed E-state index contributed by atoms with van der Waals surface area (Å²) < 4.78 is 23.2. The van der Waals surface area contributed by atoms with Gasteiger partial charge < -0.3 is 5.11 Å². The van der Waals surface area contributed by atoms with Gasteiger partial charge in [0.15, 0.2) is 9.84 Å². The van der Waals surface area contributed by atoms with Crippen LogP contribution < -0.4 is 0 Å². The molecule has 2 fully saturated rings. The summed E-state index contributed by atoms with van der Waals surface area (Å²) in [6.45, 7) is 0.711. The Morgan fingerprint density at radius 1 is 1.29 bits per heavy atom. The number of carbonyl (C=O) groups is 1. The summed E-state index contributed by atoms with van der Waals surface area (Å²) in [5.74, 6) is 0.105. The van der Waals surface area contributed by atoms with Crippen molar-refractivity contribution >= 4 is 15.8 Å². The monoisotopic (exact) mass is 261 g/mol. The van der Waals surface area contributed by atoms with Gasteiger partial charge in [0.1, 0.15) is 0 Å². The molecule has 0 aromatic heterocycles. The lowest BCUT2D eigenvalue weighted by molar-refractivity contribution is -0.139. The van der Waals surface area contributed by atoms with Gasteiger partial charge in [0.25, 0.3) is 0 Å². The van der Waals surface area contributed by atoms with Crippen molar-refractivity contribution in [3.63, 3.8) is 0 Å². The van der Waals surface area contributed by atoms with E-state index in [-0.39, 0.29) is 24.1 Å². The number of hydrogen-bond acceptors (Lipinski definition) is 4. The van der Waals surface area contributed by atoms with E-state index in [0.717, 1.165) is 25.8 Å². The zero-order chi connectivity index (χ0) is 12.5. The Morgan fingerprint density at radius 2 is 2.00 bits per heavy atom. The molecule has 0 aromatic carbocycles. The SMILES string of the molecule is O=C(O)CN(CC1CC1)C1CCCS(=O)(=O)C1. The summed E-state index contributed by atoms with van der Waals surface area (Å²) in [5.41, 5.74) is 0. The van der Waals surface area contributed by atoms with Crippen molar-refractivity contribution < 1.29 is 18.3 Å². The average Bonchev–Trinajstić information content (AvgIpc) is 2.98. The molecule has 0 amide bonds. The Bertz CT molecular complexity index is 388. The molecule has 6 heteroatoms. The zero-order valence-electron chi connectivity index (χ0n) is 9.84. The van der Waals surface area contributed by atoms with Crippen LogP contribution >= 0.6 is 0 Å². The molecule has 0 bridgehead atoms.